The van der Waals surface area contributed by atoms with Gasteiger partial charge in [-0.15, -0.1) is 11.3 Å². The van der Waals surface area contributed by atoms with E-state index in [1.165, 1.54) is 5.56 Å². The molecule has 5 heteroatoms. The van der Waals surface area contributed by atoms with Crippen molar-refractivity contribution in [3.63, 3.8) is 0 Å². The maximum absolute atomic E-state index is 11.7. The predicted octanol–water partition coefficient (Wildman–Crippen LogP) is 2.76. The average molecular weight is 319 g/mol. The van der Waals surface area contributed by atoms with Crippen LogP contribution in [0.1, 0.15) is 25.8 Å². The first kappa shape index (κ1) is 14.7. The molecule has 0 fully saturated rings. The van der Waals surface area contributed by atoms with Crippen molar-refractivity contribution in [1.82, 2.24) is 10.6 Å². The highest BCUT2D eigenvalue weighted by Gasteiger charge is 2.17. The van der Waals surface area contributed by atoms with Crippen molar-refractivity contribution in [2.75, 3.05) is 7.05 Å². The normalized spacial score (nSPS) is 12.8. The number of hydrogen-bond donors (Lipinski definition) is 2. The second kappa shape index (κ2) is 7.13. The first-order chi connectivity index (χ1) is 8.02. The number of halogens is 1. The zero-order chi connectivity index (χ0) is 12.8. The van der Waals surface area contributed by atoms with E-state index in [-0.39, 0.29) is 11.9 Å². The van der Waals surface area contributed by atoms with Crippen molar-refractivity contribution in [2.45, 2.75) is 32.9 Å². The molecule has 1 amide bonds. The molecule has 0 aromatic carbocycles. The molecule has 1 rings (SSSR count). The van der Waals surface area contributed by atoms with E-state index in [1.807, 2.05) is 0 Å². The number of nitrogens with one attached hydrogen (secondary N) is 2. The Labute approximate surface area is 115 Å². The standard InChI is InChI=1S/C12H19BrN2OS/c1-8(2)4-10(12(16)14-3)15-6-9-5-11(13)17-7-9/h5,7-8,10,15H,4,6H2,1-3H3,(H,14,16). The van der Waals surface area contributed by atoms with Gasteiger partial charge in [-0.25, -0.2) is 0 Å². The fraction of sp³-hybridized carbons (Fsp3) is 0.583. The van der Waals surface area contributed by atoms with Gasteiger partial charge in [-0.1, -0.05) is 13.8 Å². The summed E-state index contributed by atoms with van der Waals surface area (Å²) in [5.74, 6) is 0.562. The Bertz CT molecular complexity index is 365. The molecular weight excluding hydrogens is 300 g/mol. The number of amides is 1. The topological polar surface area (TPSA) is 41.1 Å². The maximum atomic E-state index is 11.7. The first-order valence-electron chi connectivity index (χ1n) is 5.70. The summed E-state index contributed by atoms with van der Waals surface area (Å²) < 4.78 is 1.12. The van der Waals surface area contributed by atoms with Gasteiger partial charge >= 0.3 is 0 Å². The van der Waals surface area contributed by atoms with Crippen LogP contribution in [0.3, 0.4) is 0 Å². The van der Waals surface area contributed by atoms with E-state index in [2.05, 4.69) is 51.9 Å². The lowest BCUT2D eigenvalue weighted by molar-refractivity contribution is -0.123. The molecule has 0 radical (unpaired) electrons. The number of carbonyl (C=O) groups excluding carboxylic acids is 1. The Morgan fingerprint density at radius 1 is 1.53 bits per heavy atom. The van der Waals surface area contributed by atoms with Crippen LogP contribution in [0.4, 0.5) is 0 Å². The third kappa shape index (κ3) is 5.19. The van der Waals surface area contributed by atoms with Crippen molar-refractivity contribution in [3.05, 3.63) is 20.8 Å². The molecule has 0 spiro atoms. The molecule has 1 aromatic heterocycles. The molecular formula is C12H19BrN2OS. The predicted molar refractivity (Wildman–Crippen MR) is 76.2 cm³/mol. The van der Waals surface area contributed by atoms with Crippen molar-refractivity contribution in [3.8, 4) is 0 Å². The first-order valence-corrected chi connectivity index (χ1v) is 7.38. The van der Waals surface area contributed by atoms with Crippen LogP contribution in [0.5, 0.6) is 0 Å². The molecule has 3 nitrogen and oxygen atoms in total. The largest absolute Gasteiger partial charge is 0.358 e. The molecule has 96 valence electrons. The Kier molecular flexibility index (Phi) is 6.16. The van der Waals surface area contributed by atoms with E-state index in [9.17, 15) is 4.79 Å². The lowest BCUT2D eigenvalue weighted by atomic mass is 10.0. The molecule has 1 atom stereocenters. The summed E-state index contributed by atoms with van der Waals surface area (Å²) in [5.41, 5.74) is 1.21. The lowest BCUT2D eigenvalue weighted by Crippen LogP contribution is -2.43. The SMILES string of the molecule is CNC(=O)C(CC(C)C)NCc1csc(Br)c1. The van der Waals surface area contributed by atoms with Crippen LogP contribution < -0.4 is 10.6 Å². The molecule has 17 heavy (non-hydrogen) atoms. The van der Waals surface area contributed by atoms with E-state index in [1.54, 1.807) is 18.4 Å². The summed E-state index contributed by atoms with van der Waals surface area (Å²) in [5, 5.41) is 8.10. The van der Waals surface area contributed by atoms with Gasteiger partial charge in [0.05, 0.1) is 9.83 Å². The number of likely N-dealkylation sites (N-methyl/N-ethyl adjacent to an activating group) is 1. The van der Waals surface area contributed by atoms with Crippen LogP contribution >= 0.6 is 27.3 Å². The number of hydrogen-bond acceptors (Lipinski definition) is 3. The van der Waals surface area contributed by atoms with E-state index in [4.69, 9.17) is 0 Å². The number of carbonyl (C=O) groups is 1. The number of thiophene rings is 1. The molecule has 0 saturated carbocycles. The molecule has 1 unspecified atom stereocenters. The Morgan fingerprint density at radius 2 is 2.24 bits per heavy atom. The molecule has 0 aliphatic carbocycles. The van der Waals surface area contributed by atoms with Crippen molar-refractivity contribution < 1.29 is 4.79 Å². The fourth-order valence-electron chi connectivity index (χ4n) is 1.61. The van der Waals surface area contributed by atoms with Gasteiger partial charge in [0.1, 0.15) is 0 Å². The van der Waals surface area contributed by atoms with Gasteiger partial charge in [-0.05, 0) is 45.3 Å². The summed E-state index contributed by atoms with van der Waals surface area (Å²) in [6, 6.07) is 1.96. The second-order valence-electron chi connectivity index (χ2n) is 4.44. The zero-order valence-corrected chi connectivity index (χ0v) is 12.8. The van der Waals surface area contributed by atoms with Gasteiger partial charge in [-0.3, -0.25) is 4.79 Å². The summed E-state index contributed by atoms with van der Waals surface area (Å²) >= 11 is 5.09. The van der Waals surface area contributed by atoms with Crippen molar-refractivity contribution in [2.24, 2.45) is 5.92 Å². The Balaban J connectivity index is 2.51. The van der Waals surface area contributed by atoms with Crippen molar-refractivity contribution >= 4 is 33.2 Å². The fourth-order valence-corrected chi connectivity index (χ4v) is 2.82. The zero-order valence-electron chi connectivity index (χ0n) is 10.4. The van der Waals surface area contributed by atoms with E-state index < -0.39 is 0 Å². The maximum Gasteiger partial charge on any atom is 0.236 e. The quantitative estimate of drug-likeness (QED) is 0.846. The van der Waals surface area contributed by atoms with Gasteiger partial charge in [0, 0.05) is 13.6 Å². The molecule has 0 saturated heterocycles. The third-order valence-corrected chi connectivity index (χ3v) is 4.00. The highest BCUT2D eigenvalue weighted by Crippen LogP contribution is 2.20. The molecule has 1 aromatic rings. The van der Waals surface area contributed by atoms with Gasteiger partial charge in [0.25, 0.3) is 0 Å². The summed E-state index contributed by atoms with van der Waals surface area (Å²) in [6.07, 6.45) is 0.852. The van der Waals surface area contributed by atoms with Crippen LogP contribution in [-0.4, -0.2) is 19.0 Å². The van der Waals surface area contributed by atoms with Crippen LogP contribution in [-0.2, 0) is 11.3 Å². The second-order valence-corrected chi connectivity index (χ2v) is 6.73. The molecule has 0 aliphatic rings. The van der Waals surface area contributed by atoms with Crippen molar-refractivity contribution in [1.29, 1.82) is 0 Å². The monoisotopic (exact) mass is 318 g/mol. The van der Waals surface area contributed by atoms with Crippen LogP contribution in [0.25, 0.3) is 0 Å². The minimum atomic E-state index is -0.112. The summed E-state index contributed by atoms with van der Waals surface area (Å²) in [4.78, 5) is 11.7. The summed E-state index contributed by atoms with van der Waals surface area (Å²) in [6.45, 7) is 4.98. The number of rotatable bonds is 6. The smallest absolute Gasteiger partial charge is 0.236 e. The van der Waals surface area contributed by atoms with E-state index in [0.29, 0.717) is 5.92 Å². The highest BCUT2D eigenvalue weighted by molar-refractivity contribution is 9.11. The Hall–Kier alpha value is -0.390. The molecule has 0 aliphatic heterocycles. The average Bonchev–Trinajstić information content (AvgIpc) is 2.68. The third-order valence-electron chi connectivity index (χ3n) is 2.44. The molecule has 0 bridgehead atoms. The van der Waals surface area contributed by atoms with Crippen LogP contribution in [0, 0.1) is 5.92 Å². The van der Waals surface area contributed by atoms with Crippen LogP contribution in [0.15, 0.2) is 15.2 Å². The molecule has 1 heterocycles. The van der Waals surface area contributed by atoms with Gasteiger partial charge < -0.3 is 10.6 Å². The van der Waals surface area contributed by atoms with E-state index >= 15 is 0 Å². The van der Waals surface area contributed by atoms with Gasteiger partial charge in [-0.2, -0.15) is 0 Å². The minimum Gasteiger partial charge on any atom is -0.358 e. The Morgan fingerprint density at radius 3 is 2.71 bits per heavy atom. The van der Waals surface area contributed by atoms with Gasteiger partial charge in [0.2, 0.25) is 5.91 Å². The lowest BCUT2D eigenvalue weighted by Gasteiger charge is -2.18. The minimum absolute atomic E-state index is 0.0630. The van der Waals surface area contributed by atoms with Crippen LogP contribution in [0.2, 0.25) is 0 Å². The molecule has 2 N–H and O–H groups in total. The highest BCUT2D eigenvalue weighted by atomic mass is 79.9. The van der Waals surface area contributed by atoms with Gasteiger partial charge in [0.15, 0.2) is 0 Å². The van der Waals surface area contributed by atoms with E-state index in [0.717, 1.165) is 16.8 Å². The summed E-state index contributed by atoms with van der Waals surface area (Å²) in [7, 11) is 1.68.